The van der Waals surface area contributed by atoms with E-state index < -0.39 is 0 Å². The molecule has 2 heterocycles. The van der Waals surface area contributed by atoms with Gasteiger partial charge in [-0.15, -0.1) is 0 Å². The molecule has 0 aromatic heterocycles. The maximum atomic E-state index is 12.4. The molecule has 6 nitrogen and oxygen atoms in total. The van der Waals surface area contributed by atoms with Gasteiger partial charge in [-0.05, 0) is 29.2 Å². The highest BCUT2D eigenvalue weighted by molar-refractivity contribution is 5.89. The first-order chi connectivity index (χ1) is 14.1. The van der Waals surface area contributed by atoms with Gasteiger partial charge >= 0.3 is 6.03 Å². The van der Waals surface area contributed by atoms with E-state index in [9.17, 15) is 4.79 Å². The summed E-state index contributed by atoms with van der Waals surface area (Å²) in [7, 11) is 0. The van der Waals surface area contributed by atoms with Gasteiger partial charge in [-0.1, -0.05) is 56.3 Å². The summed E-state index contributed by atoms with van der Waals surface area (Å²) in [5.74, 6) is 0.460. The van der Waals surface area contributed by atoms with Crippen molar-refractivity contribution in [3.8, 4) is 0 Å². The summed E-state index contributed by atoms with van der Waals surface area (Å²) in [6.45, 7) is 5.69. The second-order valence-electron chi connectivity index (χ2n) is 7.91. The van der Waals surface area contributed by atoms with Crippen molar-refractivity contribution in [1.82, 2.24) is 5.32 Å². The van der Waals surface area contributed by atoms with E-state index in [2.05, 4.69) is 24.5 Å². The van der Waals surface area contributed by atoms with Crippen molar-refractivity contribution in [2.24, 2.45) is 0 Å². The Morgan fingerprint density at radius 1 is 1.03 bits per heavy atom. The van der Waals surface area contributed by atoms with Gasteiger partial charge in [0.2, 0.25) is 0 Å². The van der Waals surface area contributed by atoms with Crippen molar-refractivity contribution in [2.45, 2.75) is 50.7 Å². The standard InChI is InChI=1S/C23H28N2O4/c1-15(2)17-8-10-18(11-9-17)24-23(26)25-19-13-28-22-20(14-29-21(19)22)27-12-16-6-4-3-5-7-16/h3-11,15,19-22H,12-14H2,1-2H3,(H2,24,25,26)/t19-,20-,21-,22+/m1/s1. The lowest BCUT2D eigenvalue weighted by molar-refractivity contribution is -0.0392. The summed E-state index contributed by atoms with van der Waals surface area (Å²) in [6, 6.07) is 17.5. The number of fused-ring (bicyclic) bond motifs is 1. The minimum atomic E-state index is -0.256. The molecule has 29 heavy (non-hydrogen) atoms. The number of ether oxygens (including phenoxy) is 3. The molecule has 154 valence electrons. The van der Waals surface area contributed by atoms with Gasteiger partial charge < -0.3 is 24.8 Å². The van der Waals surface area contributed by atoms with Gasteiger partial charge in [0.05, 0.1) is 25.9 Å². The third kappa shape index (κ3) is 4.78. The fourth-order valence-electron chi connectivity index (χ4n) is 3.80. The van der Waals surface area contributed by atoms with E-state index in [-0.39, 0.29) is 30.4 Å². The minimum absolute atomic E-state index is 0.126. The Balaban J connectivity index is 1.27. The number of anilines is 1. The van der Waals surface area contributed by atoms with Crippen molar-refractivity contribution in [1.29, 1.82) is 0 Å². The smallest absolute Gasteiger partial charge is 0.319 e. The lowest BCUT2D eigenvalue weighted by atomic mass is 10.0. The first-order valence-electron chi connectivity index (χ1n) is 10.2. The Bertz CT molecular complexity index is 809. The summed E-state index contributed by atoms with van der Waals surface area (Å²) in [5.41, 5.74) is 3.12. The summed E-state index contributed by atoms with van der Waals surface area (Å²) < 4.78 is 17.8. The van der Waals surface area contributed by atoms with Crippen LogP contribution in [0.3, 0.4) is 0 Å². The summed E-state index contributed by atoms with van der Waals surface area (Å²) in [6.07, 6.45) is -0.474. The first kappa shape index (κ1) is 19.9. The Hall–Kier alpha value is -2.41. The van der Waals surface area contributed by atoms with E-state index in [0.29, 0.717) is 25.7 Å². The quantitative estimate of drug-likeness (QED) is 0.782. The molecule has 0 saturated carbocycles. The van der Waals surface area contributed by atoms with Crippen molar-refractivity contribution >= 4 is 11.7 Å². The summed E-state index contributed by atoms with van der Waals surface area (Å²) in [4.78, 5) is 12.4. The second-order valence-corrected chi connectivity index (χ2v) is 7.91. The number of carbonyl (C=O) groups excluding carboxylic acids is 1. The highest BCUT2D eigenvalue weighted by Crippen LogP contribution is 2.29. The average Bonchev–Trinajstić information content (AvgIpc) is 3.30. The number of hydrogen-bond acceptors (Lipinski definition) is 4. The molecule has 2 saturated heterocycles. The van der Waals surface area contributed by atoms with Crippen molar-refractivity contribution in [3.05, 3.63) is 65.7 Å². The van der Waals surface area contributed by atoms with E-state index in [4.69, 9.17) is 14.2 Å². The molecule has 2 aliphatic heterocycles. The average molecular weight is 396 g/mol. The molecule has 0 aliphatic carbocycles. The SMILES string of the molecule is CC(C)c1ccc(NC(=O)N[C@@H]2CO[C@@H]3[C@@H]2OC[C@H]3OCc2ccccc2)cc1. The lowest BCUT2D eigenvalue weighted by Gasteiger charge is -2.18. The van der Waals surface area contributed by atoms with Gasteiger partial charge in [-0.2, -0.15) is 0 Å². The van der Waals surface area contributed by atoms with Gasteiger partial charge in [-0.25, -0.2) is 4.79 Å². The van der Waals surface area contributed by atoms with Crippen LogP contribution in [0.25, 0.3) is 0 Å². The van der Waals surface area contributed by atoms with Crippen molar-refractivity contribution in [3.63, 3.8) is 0 Å². The van der Waals surface area contributed by atoms with Crippen LogP contribution in [0.4, 0.5) is 10.5 Å². The summed E-state index contributed by atoms with van der Waals surface area (Å²) in [5, 5.41) is 5.86. The van der Waals surface area contributed by atoms with Gasteiger partial charge in [-0.3, -0.25) is 0 Å². The van der Waals surface area contributed by atoms with Crippen LogP contribution in [0.15, 0.2) is 54.6 Å². The molecular formula is C23H28N2O4. The molecule has 2 fully saturated rings. The molecule has 0 bridgehead atoms. The molecule has 2 N–H and O–H groups in total. The van der Waals surface area contributed by atoms with Crippen molar-refractivity contribution < 1.29 is 19.0 Å². The number of benzene rings is 2. The van der Waals surface area contributed by atoms with E-state index in [0.717, 1.165) is 11.3 Å². The molecule has 2 aromatic rings. The molecule has 4 rings (SSSR count). The van der Waals surface area contributed by atoms with Crippen LogP contribution >= 0.6 is 0 Å². The molecule has 2 aliphatic rings. The fraction of sp³-hybridized carbons (Fsp3) is 0.435. The Kier molecular flexibility index (Phi) is 6.13. The predicted octanol–water partition coefficient (Wildman–Crippen LogP) is 3.68. The largest absolute Gasteiger partial charge is 0.370 e. The predicted molar refractivity (Wildman–Crippen MR) is 111 cm³/mol. The van der Waals surface area contributed by atoms with E-state index in [1.807, 2.05) is 54.6 Å². The van der Waals surface area contributed by atoms with E-state index in [1.165, 1.54) is 5.56 Å². The van der Waals surface area contributed by atoms with Crippen LogP contribution in [-0.4, -0.2) is 43.6 Å². The Morgan fingerprint density at radius 3 is 2.48 bits per heavy atom. The zero-order valence-electron chi connectivity index (χ0n) is 16.8. The lowest BCUT2D eigenvalue weighted by Crippen LogP contribution is -2.46. The maximum Gasteiger partial charge on any atom is 0.319 e. The highest BCUT2D eigenvalue weighted by atomic mass is 16.6. The van der Waals surface area contributed by atoms with Gasteiger partial charge in [0, 0.05) is 5.69 Å². The number of urea groups is 1. The van der Waals surface area contributed by atoms with E-state index in [1.54, 1.807) is 0 Å². The minimum Gasteiger partial charge on any atom is -0.370 e. The topological polar surface area (TPSA) is 68.8 Å². The van der Waals surface area contributed by atoms with Crippen LogP contribution in [0, 0.1) is 0 Å². The number of amides is 2. The zero-order valence-corrected chi connectivity index (χ0v) is 16.8. The summed E-state index contributed by atoms with van der Waals surface area (Å²) >= 11 is 0. The van der Waals surface area contributed by atoms with Crippen LogP contribution in [-0.2, 0) is 20.8 Å². The van der Waals surface area contributed by atoms with Crippen LogP contribution in [0.1, 0.15) is 30.9 Å². The zero-order chi connectivity index (χ0) is 20.2. The maximum absolute atomic E-state index is 12.4. The molecular weight excluding hydrogens is 368 g/mol. The molecule has 0 unspecified atom stereocenters. The molecule has 0 radical (unpaired) electrons. The van der Waals surface area contributed by atoms with Gasteiger partial charge in [0.1, 0.15) is 18.3 Å². The van der Waals surface area contributed by atoms with Crippen LogP contribution in [0.2, 0.25) is 0 Å². The number of carbonyl (C=O) groups is 1. The first-order valence-corrected chi connectivity index (χ1v) is 10.2. The molecule has 2 amide bonds. The second kappa shape index (κ2) is 8.95. The molecule has 4 atom stereocenters. The monoisotopic (exact) mass is 396 g/mol. The van der Waals surface area contributed by atoms with E-state index >= 15 is 0 Å². The van der Waals surface area contributed by atoms with Crippen LogP contribution < -0.4 is 10.6 Å². The molecule has 6 heteroatoms. The normalized spacial score (nSPS) is 25.8. The van der Waals surface area contributed by atoms with Crippen molar-refractivity contribution in [2.75, 3.05) is 18.5 Å². The Morgan fingerprint density at radius 2 is 1.76 bits per heavy atom. The third-order valence-electron chi connectivity index (χ3n) is 5.47. The van der Waals surface area contributed by atoms with Gasteiger partial charge in [0.25, 0.3) is 0 Å². The molecule has 2 aromatic carbocycles. The number of rotatable bonds is 6. The third-order valence-corrected chi connectivity index (χ3v) is 5.47. The fourth-order valence-corrected chi connectivity index (χ4v) is 3.80. The highest BCUT2D eigenvalue weighted by Gasteiger charge is 2.48. The van der Waals surface area contributed by atoms with Crippen LogP contribution in [0.5, 0.6) is 0 Å². The molecule has 0 spiro atoms. The number of nitrogens with one attached hydrogen (secondary N) is 2. The Labute approximate surface area is 171 Å². The number of hydrogen-bond donors (Lipinski definition) is 2. The van der Waals surface area contributed by atoms with Gasteiger partial charge in [0.15, 0.2) is 0 Å².